The van der Waals surface area contributed by atoms with Gasteiger partial charge < -0.3 is 10.6 Å². The van der Waals surface area contributed by atoms with Crippen molar-refractivity contribution in [2.75, 3.05) is 6.54 Å². The predicted molar refractivity (Wildman–Crippen MR) is 64.1 cm³/mol. The highest BCUT2D eigenvalue weighted by Gasteiger charge is 2.03. The van der Waals surface area contributed by atoms with Gasteiger partial charge in [0.25, 0.3) is 0 Å². The van der Waals surface area contributed by atoms with E-state index < -0.39 is 11.6 Å². The van der Waals surface area contributed by atoms with E-state index in [0.717, 1.165) is 19.0 Å². The molecule has 1 aromatic rings. The summed E-state index contributed by atoms with van der Waals surface area (Å²) in [5, 5.41) is 6.29. The van der Waals surface area contributed by atoms with Gasteiger partial charge in [-0.1, -0.05) is 13.0 Å². The summed E-state index contributed by atoms with van der Waals surface area (Å²) < 4.78 is 25.8. The summed E-state index contributed by atoms with van der Waals surface area (Å²) >= 11 is 4.97. The van der Waals surface area contributed by atoms with Gasteiger partial charge in [-0.25, -0.2) is 8.78 Å². The normalized spacial score (nSPS) is 9.94. The van der Waals surface area contributed by atoms with Gasteiger partial charge in [0, 0.05) is 24.7 Å². The third kappa shape index (κ3) is 4.10. The monoisotopic (exact) mass is 244 g/mol. The fourth-order valence-corrected chi connectivity index (χ4v) is 1.32. The van der Waals surface area contributed by atoms with Crippen LogP contribution in [0.25, 0.3) is 0 Å². The van der Waals surface area contributed by atoms with E-state index in [1.807, 2.05) is 6.92 Å². The van der Waals surface area contributed by atoms with Crippen LogP contribution in [0, 0.1) is 11.6 Å². The maximum absolute atomic E-state index is 13.2. The SMILES string of the molecule is CCCNC(=S)NCc1ccc(F)cc1F. The summed E-state index contributed by atoms with van der Waals surface area (Å²) in [7, 11) is 0. The van der Waals surface area contributed by atoms with Crippen LogP contribution in [0.4, 0.5) is 8.78 Å². The van der Waals surface area contributed by atoms with Gasteiger partial charge >= 0.3 is 0 Å². The third-order valence-corrected chi connectivity index (χ3v) is 2.28. The summed E-state index contributed by atoms with van der Waals surface area (Å²) in [6, 6.07) is 3.49. The van der Waals surface area contributed by atoms with Crippen molar-refractivity contribution in [1.82, 2.24) is 10.6 Å². The number of nitrogens with one attached hydrogen (secondary N) is 2. The minimum atomic E-state index is -0.576. The zero-order chi connectivity index (χ0) is 12.0. The quantitative estimate of drug-likeness (QED) is 0.795. The van der Waals surface area contributed by atoms with Crippen molar-refractivity contribution >= 4 is 17.3 Å². The molecule has 0 fully saturated rings. The van der Waals surface area contributed by atoms with Crippen LogP contribution in [-0.4, -0.2) is 11.7 Å². The van der Waals surface area contributed by atoms with E-state index >= 15 is 0 Å². The molecule has 0 bridgehead atoms. The van der Waals surface area contributed by atoms with Gasteiger partial charge in [-0.3, -0.25) is 0 Å². The lowest BCUT2D eigenvalue weighted by Crippen LogP contribution is -2.35. The van der Waals surface area contributed by atoms with Crippen LogP contribution in [0.15, 0.2) is 18.2 Å². The van der Waals surface area contributed by atoms with Crippen LogP contribution in [0.2, 0.25) is 0 Å². The van der Waals surface area contributed by atoms with E-state index in [0.29, 0.717) is 10.7 Å². The van der Waals surface area contributed by atoms with Crippen LogP contribution in [0.5, 0.6) is 0 Å². The van der Waals surface area contributed by atoms with Crippen LogP contribution in [-0.2, 0) is 6.54 Å². The van der Waals surface area contributed by atoms with E-state index in [9.17, 15) is 8.78 Å². The lowest BCUT2D eigenvalue weighted by Gasteiger charge is -2.10. The Morgan fingerprint density at radius 1 is 1.31 bits per heavy atom. The fourth-order valence-electron chi connectivity index (χ4n) is 1.14. The highest BCUT2D eigenvalue weighted by Crippen LogP contribution is 2.08. The summed E-state index contributed by atoms with van der Waals surface area (Å²) in [5.74, 6) is -1.14. The number of halogens is 2. The van der Waals surface area contributed by atoms with Crippen molar-refractivity contribution in [2.45, 2.75) is 19.9 Å². The molecule has 0 aliphatic heterocycles. The minimum absolute atomic E-state index is 0.252. The number of thiocarbonyl (C=S) groups is 1. The molecule has 0 atom stereocenters. The number of rotatable bonds is 4. The van der Waals surface area contributed by atoms with E-state index in [1.54, 1.807) is 0 Å². The van der Waals surface area contributed by atoms with Crippen molar-refractivity contribution in [1.29, 1.82) is 0 Å². The molecule has 0 heterocycles. The Kier molecular flexibility index (Phi) is 5.11. The maximum atomic E-state index is 13.2. The van der Waals surface area contributed by atoms with Crippen molar-refractivity contribution in [2.24, 2.45) is 0 Å². The Labute approximate surface area is 99.0 Å². The van der Waals surface area contributed by atoms with Gasteiger partial charge in [0.15, 0.2) is 5.11 Å². The Balaban J connectivity index is 2.45. The van der Waals surface area contributed by atoms with Crippen LogP contribution in [0.1, 0.15) is 18.9 Å². The Bertz CT molecular complexity index is 369. The molecule has 2 N–H and O–H groups in total. The first-order valence-electron chi connectivity index (χ1n) is 5.09. The van der Waals surface area contributed by atoms with E-state index in [1.165, 1.54) is 12.1 Å². The molecular weight excluding hydrogens is 230 g/mol. The summed E-state index contributed by atoms with van der Waals surface area (Å²) in [4.78, 5) is 0. The first-order chi connectivity index (χ1) is 7.63. The molecule has 5 heteroatoms. The molecule has 1 rings (SSSR count). The van der Waals surface area contributed by atoms with Crippen LogP contribution in [0.3, 0.4) is 0 Å². The molecular formula is C11H14F2N2S. The Hall–Kier alpha value is -1.23. The summed E-state index contributed by atoms with van der Waals surface area (Å²) in [6.45, 7) is 3.05. The van der Waals surface area contributed by atoms with E-state index in [-0.39, 0.29) is 6.54 Å². The molecule has 0 aliphatic rings. The van der Waals surface area contributed by atoms with E-state index in [2.05, 4.69) is 10.6 Å². The summed E-state index contributed by atoms with van der Waals surface area (Å²) in [6.07, 6.45) is 0.965. The zero-order valence-electron chi connectivity index (χ0n) is 9.02. The van der Waals surface area contributed by atoms with Gasteiger partial charge in [0.1, 0.15) is 11.6 Å². The van der Waals surface area contributed by atoms with Crippen LogP contribution < -0.4 is 10.6 Å². The maximum Gasteiger partial charge on any atom is 0.166 e. The third-order valence-electron chi connectivity index (χ3n) is 1.99. The zero-order valence-corrected chi connectivity index (χ0v) is 9.83. The van der Waals surface area contributed by atoms with E-state index in [4.69, 9.17) is 12.2 Å². The highest BCUT2D eigenvalue weighted by atomic mass is 32.1. The van der Waals surface area contributed by atoms with Crippen molar-refractivity contribution in [3.05, 3.63) is 35.4 Å². The Morgan fingerprint density at radius 2 is 2.06 bits per heavy atom. The first-order valence-corrected chi connectivity index (χ1v) is 5.50. The standard InChI is InChI=1S/C11H14F2N2S/c1-2-5-14-11(16)15-7-8-3-4-9(12)6-10(8)13/h3-4,6H,2,5,7H2,1H3,(H2,14,15,16). The van der Waals surface area contributed by atoms with Crippen molar-refractivity contribution in [3.8, 4) is 0 Å². The van der Waals surface area contributed by atoms with Gasteiger partial charge in [-0.2, -0.15) is 0 Å². The second-order valence-electron chi connectivity index (χ2n) is 3.35. The number of hydrogen-bond acceptors (Lipinski definition) is 1. The molecule has 0 saturated heterocycles. The molecule has 0 unspecified atom stereocenters. The number of benzene rings is 1. The molecule has 0 aromatic heterocycles. The highest BCUT2D eigenvalue weighted by molar-refractivity contribution is 7.80. The minimum Gasteiger partial charge on any atom is -0.363 e. The van der Waals surface area contributed by atoms with Crippen molar-refractivity contribution in [3.63, 3.8) is 0 Å². The van der Waals surface area contributed by atoms with Gasteiger partial charge in [-0.05, 0) is 24.7 Å². The lowest BCUT2D eigenvalue weighted by molar-refractivity contribution is 0.569. The second-order valence-corrected chi connectivity index (χ2v) is 3.75. The van der Waals surface area contributed by atoms with Crippen LogP contribution >= 0.6 is 12.2 Å². The molecule has 0 radical (unpaired) electrons. The molecule has 0 spiro atoms. The largest absolute Gasteiger partial charge is 0.363 e. The first kappa shape index (κ1) is 12.8. The Morgan fingerprint density at radius 3 is 2.69 bits per heavy atom. The molecule has 0 aliphatic carbocycles. The molecule has 0 saturated carbocycles. The molecule has 88 valence electrons. The predicted octanol–water partition coefficient (Wildman–Crippen LogP) is 2.34. The van der Waals surface area contributed by atoms with Crippen molar-refractivity contribution < 1.29 is 8.78 Å². The van der Waals surface area contributed by atoms with Gasteiger partial charge in [-0.15, -0.1) is 0 Å². The average molecular weight is 244 g/mol. The fraction of sp³-hybridized carbons (Fsp3) is 0.364. The smallest absolute Gasteiger partial charge is 0.166 e. The lowest BCUT2D eigenvalue weighted by atomic mass is 10.2. The van der Waals surface area contributed by atoms with Gasteiger partial charge in [0.2, 0.25) is 0 Å². The topological polar surface area (TPSA) is 24.1 Å². The van der Waals surface area contributed by atoms with Gasteiger partial charge in [0.05, 0.1) is 0 Å². The molecule has 16 heavy (non-hydrogen) atoms. The second kappa shape index (κ2) is 6.37. The molecule has 0 amide bonds. The summed E-state index contributed by atoms with van der Waals surface area (Å²) in [5.41, 5.74) is 0.391. The molecule has 2 nitrogen and oxygen atoms in total. The molecule has 1 aromatic carbocycles. The number of hydrogen-bond donors (Lipinski definition) is 2. The average Bonchev–Trinajstić information content (AvgIpc) is 2.25.